The lowest BCUT2D eigenvalue weighted by molar-refractivity contribution is -0.119. The Balaban J connectivity index is 1.36. The van der Waals surface area contributed by atoms with Gasteiger partial charge < -0.3 is 15.0 Å². The number of rotatable bonds is 5. The highest BCUT2D eigenvalue weighted by Crippen LogP contribution is 2.31. The first kappa shape index (κ1) is 24.2. The molecule has 2 amide bonds. The zero-order chi connectivity index (χ0) is 26.3. The molecule has 3 aromatic rings. The van der Waals surface area contributed by atoms with E-state index in [9.17, 15) is 19.2 Å². The number of aromatic nitrogens is 4. The number of carbonyl (C=O) groups is 2. The third kappa shape index (κ3) is 4.45. The molecule has 4 heterocycles. The topological polar surface area (TPSA) is 124 Å². The van der Waals surface area contributed by atoms with E-state index in [4.69, 9.17) is 4.74 Å². The summed E-state index contributed by atoms with van der Waals surface area (Å²) in [6, 6.07) is 6.93. The van der Waals surface area contributed by atoms with E-state index in [0.29, 0.717) is 0 Å². The number of carbonyl (C=O) groups excluding carboxylic acids is 2. The third-order valence-electron chi connectivity index (χ3n) is 6.24. The molecule has 5 rings (SSSR count). The number of halogens is 2. The van der Waals surface area contributed by atoms with Crippen LogP contribution >= 0.6 is 0 Å². The van der Waals surface area contributed by atoms with Crippen molar-refractivity contribution in [1.82, 2.24) is 24.2 Å². The van der Waals surface area contributed by atoms with Gasteiger partial charge in [-0.2, -0.15) is 4.57 Å². The number of hydrogen-bond acceptors (Lipinski definition) is 7. The Bertz CT molecular complexity index is 1420. The predicted octanol–water partition coefficient (Wildman–Crippen LogP) is 0.455. The number of nitrogens with zero attached hydrogens (tertiary/aromatic N) is 6. The minimum absolute atomic E-state index is 0.0117. The Kier molecular flexibility index (Phi) is 6.23. The van der Waals surface area contributed by atoms with Gasteiger partial charge in [0.1, 0.15) is 17.6 Å². The number of fused-ring (bicyclic) bond motifs is 1. The maximum Gasteiger partial charge on any atom is 0.414 e. The van der Waals surface area contributed by atoms with E-state index in [0.717, 1.165) is 21.6 Å². The Labute approximate surface area is 208 Å². The standard InChI is InChI=1S/C23H23F2N7O5/c1-14(33)27-12-16-13-29(23(36)37-16)15-10-17(24)20(18(25)11-15)28-6-8-30-21(34)32(19-4-2-3-5-26-19)22(35)31(30)9-7-28/h2-5,10-11,16H,6-9,12-13H2,1H3,(H,27,33)/t16-/m0/s1. The van der Waals surface area contributed by atoms with E-state index in [1.165, 1.54) is 27.4 Å². The molecule has 0 bridgehead atoms. The number of benzene rings is 1. The summed E-state index contributed by atoms with van der Waals surface area (Å²) in [5.74, 6) is -1.91. The largest absolute Gasteiger partial charge is 0.442 e. The van der Waals surface area contributed by atoms with Crippen molar-refractivity contribution in [2.24, 2.45) is 0 Å². The van der Waals surface area contributed by atoms with Crippen LogP contribution in [0.1, 0.15) is 6.92 Å². The summed E-state index contributed by atoms with van der Waals surface area (Å²) < 4.78 is 39.0. The second kappa shape index (κ2) is 9.52. The minimum atomic E-state index is -0.905. The van der Waals surface area contributed by atoms with E-state index in [1.807, 2.05) is 0 Å². The number of amides is 2. The molecule has 0 aliphatic carbocycles. The number of anilines is 2. The van der Waals surface area contributed by atoms with Crippen molar-refractivity contribution < 1.29 is 23.1 Å². The molecule has 12 nitrogen and oxygen atoms in total. The average molecular weight is 515 g/mol. The van der Waals surface area contributed by atoms with Gasteiger partial charge >= 0.3 is 17.5 Å². The van der Waals surface area contributed by atoms with Gasteiger partial charge in [-0.15, -0.1) is 0 Å². The zero-order valence-corrected chi connectivity index (χ0v) is 19.8. The number of hydrogen-bond donors (Lipinski definition) is 1. The number of pyridine rings is 1. The molecular formula is C23H23F2N7O5. The Hall–Kier alpha value is -4.49. The molecule has 1 saturated heterocycles. The summed E-state index contributed by atoms with van der Waals surface area (Å²) in [4.78, 5) is 55.8. The first-order chi connectivity index (χ1) is 17.7. The molecule has 194 valence electrons. The summed E-state index contributed by atoms with van der Waals surface area (Å²) in [6.45, 7) is 1.56. The molecule has 2 aliphatic heterocycles. The highest BCUT2D eigenvalue weighted by atomic mass is 19.1. The van der Waals surface area contributed by atoms with Crippen molar-refractivity contribution in [3.05, 3.63) is 69.1 Å². The first-order valence-corrected chi connectivity index (χ1v) is 11.5. The van der Waals surface area contributed by atoms with Gasteiger partial charge in [-0.3, -0.25) is 9.69 Å². The number of cyclic esters (lactones) is 1. The lowest BCUT2D eigenvalue weighted by atomic mass is 10.2. The van der Waals surface area contributed by atoms with Gasteiger partial charge in [0.25, 0.3) is 0 Å². The second-order valence-corrected chi connectivity index (χ2v) is 8.63. The van der Waals surface area contributed by atoms with Crippen LogP contribution in [0.25, 0.3) is 5.82 Å². The van der Waals surface area contributed by atoms with Crippen molar-refractivity contribution >= 4 is 23.4 Å². The molecule has 0 spiro atoms. The van der Waals surface area contributed by atoms with Gasteiger partial charge in [0.2, 0.25) is 5.91 Å². The smallest absolute Gasteiger partial charge is 0.414 e. The monoisotopic (exact) mass is 515 g/mol. The normalized spacial score (nSPS) is 17.4. The maximum atomic E-state index is 15.2. The molecule has 14 heteroatoms. The van der Waals surface area contributed by atoms with Crippen LogP contribution in [0.3, 0.4) is 0 Å². The van der Waals surface area contributed by atoms with Crippen LogP contribution in [0.2, 0.25) is 0 Å². The van der Waals surface area contributed by atoms with Gasteiger partial charge in [-0.1, -0.05) is 6.07 Å². The van der Waals surface area contributed by atoms with Gasteiger partial charge in [-0.25, -0.2) is 37.5 Å². The summed E-state index contributed by atoms with van der Waals surface area (Å²) in [7, 11) is 0. The van der Waals surface area contributed by atoms with Crippen molar-refractivity contribution in [3.63, 3.8) is 0 Å². The zero-order valence-electron chi connectivity index (χ0n) is 19.8. The molecule has 2 aromatic heterocycles. The van der Waals surface area contributed by atoms with Crippen LogP contribution in [-0.2, 0) is 22.6 Å². The third-order valence-corrected chi connectivity index (χ3v) is 6.24. The Morgan fingerprint density at radius 2 is 1.70 bits per heavy atom. The second-order valence-electron chi connectivity index (χ2n) is 8.63. The number of nitrogens with one attached hydrogen (secondary N) is 1. The van der Waals surface area contributed by atoms with Crippen LogP contribution in [0.15, 0.2) is 46.1 Å². The van der Waals surface area contributed by atoms with E-state index < -0.39 is 35.2 Å². The highest BCUT2D eigenvalue weighted by molar-refractivity contribution is 5.90. The van der Waals surface area contributed by atoms with Crippen molar-refractivity contribution in [3.8, 4) is 5.82 Å². The molecule has 1 aromatic carbocycles. The first-order valence-electron chi connectivity index (χ1n) is 11.5. The van der Waals surface area contributed by atoms with E-state index in [-0.39, 0.29) is 62.4 Å². The molecular weight excluding hydrogens is 492 g/mol. The molecule has 0 unspecified atom stereocenters. The molecule has 2 aliphatic rings. The maximum absolute atomic E-state index is 15.2. The van der Waals surface area contributed by atoms with Crippen molar-refractivity contribution in [2.75, 3.05) is 36.0 Å². The molecule has 37 heavy (non-hydrogen) atoms. The van der Waals surface area contributed by atoms with Gasteiger partial charge in [0.05, 0.1) is 31.9 Å². The molecule has 1 atom stereocenters. The van der Waals surface area contributed by atoms with E-state index in [2.05, 4.69) is 10.3 Å². The summed E-state index contributed by atoms with van der Waals surface area (Å²) in [6.07, 6.45) is 0.0344. The fraction of sp³-hybridized carbons (Fsp3) is 0.348. The highest BCUT2D eigenvalue weighted by Gasteiger charge is 2.34. The summed E-state index contributed by atoms with van der Waals surface area (Å²) >= 11 is 0. The van der Waals surface area contributed by atoms with Gasteiger partial charge in [0.15, 0.2) is 11.6 Å². The Morgan fingerprint density at radius 1 is 1.05 bits per heavy atom. The van der Waals surface area contributed by atoms with Gasteiger partial charge in [0, 0.05) is 38.3 Å². The fourth-order valence-electron chi connectivity index (χ4n) is 4.51. The molecule has 0 radical (unpaired) electrons. The van der Waals surface area contributed by atoms with Crippen LogP contribution in [-0.4, -0.2) is 63.2 Å². The summed E-state index contributed by atoms with van der Waals surface area (Å²) in [5.41, 5.74) is -1.54. The predicted molar refractivity (Wildman–Crippen MR) is 127 cm³/mol. The summed E-state index contributed by atoms with van der Waals surface area (Å²) in [5, 5.41) is 2.54. The SMILES string of the molecule is CC(=O)NC[C@H]1CN(c2cc(F)c(N3CCn4c(=O)n(-c5ccccn5)c(=O)n4CC3)c(F)c2)C(=O)O1. The van der Waals surface area contributed by atoms with Crippen LogP contribution < -0.4 is 26.5 Å². The fourth-order valence-corrected chi connectivity index (χ4v) is 4.51. The Morgan fingerprint density at radius 3 is 2.27 bits per heavy atom. The van der Waals surface area contributed by atoms with Crippen LogP contribution in [0, 0.1) is 11.6 Å². The van der Waals surface area contributed by atoms with Crippen LogP contribution in [0.5, 0.6) is 0 Å². The lowest BCUT2D eigenvalue weighted by Crippen LogP contribution is -2.34. The van der Waals surface area contributed by atoms with E-state index >= 15 is 8.78 Å². The lowest BCUT2D eigenvalue weighted by Gasteiger charge is -2.24. The molecule has 0 saturated carbocycles. The van der Waals surface area contributed by atoms with Crippen molar-refractivity contribution in [1.29, 1.82) is 0 Å². The molecule has 1 N–H and O–H groups in total. The van der Waals surface area contributed by atoms with E-state index in [1.54, 1.807) is 18.2 Å². The minimum Gasteiger partial charge on any atom is -0.442 e. The average Bonchev–Trinajstić information content (AvgIpc) is 3.24. The number of ether oxygens (including phenoxy) is 1. The van der Waals surface area contributed by atoms with Gasteiger partial charge in [-0.05, 0) is 12.1 Å². The van der Waals surface area contributed by atoms with Crippen molar-refractivity contribution in [2.45, 2.75) is 26.1 Å². The quantitative estimate of drug-likeness (QED) is 0.524. The van der Waals surface area contributed by atoms with Crippen LogP contribution in [0.4, 0.5) is 25.0 Å². The molecule has 1 fully saturated rings.